The van der Waals surface area contributed by atoms with Crippen LogP contribution in [0.25, 0.3) is 0 Å². The van der Waals surface area contributed by atoms with Gasteiger partial charge >= 0.3 is 0 Å². The van der Waals surface area contributed by atoms with Gasteiger partial charge in [-0.25, -0.2) is 8.78 Å². The first-order valence-corrected chi connectivity index (χ1v) is 7.90. The van der Waals surface area contributed by atoms with Gasteiger partial charge in [-0.1, -0.05) is 6.07 Å². The van der Waals surface area contributed by atoms with Crippen molar-refractivity contribution in [1.29, 1.82) is 0 Å². The molecule has 1 unspecified atom stereocenters. The highest BCUT2D eigenvalue weighted by molar-refractivity contribution is 7.10. The van der Waals surface area contributed by atoms with Crippen molar-refractivity contribution < 1.29 is 23.4 Å². The average Bonchev–Trinajstić information content (AvgIpc) is 3.04. The van der Waals surface area contributed by atoms with Crippen LogP contribution in [0.4, 0.5) is 8.78 Å². The number of thiophene rings is 1. The number of hydrogen-bond acceptors (Lipinski definition) is 4. The third kappa shape index (κ3) is 3.86. The first-order valence-electron chi connectivity index (χ1n) is 7.02. The molecule has 7 heteroatoms. The minimum absolute atomic E-state index is 0.176. The molecule has 0 fully saturated rings. The predicted octanol–water partition coefficient (Wildman–Crippen LogP) is 3.06. The molecule has 2 N–H and O–H groups in total. The van der Waals surface area contributed by atoms with Crippen molar-refractivity contribution in [2.24, 2.45) is 0 Å². The molecular weight excluding hydrogens is 324 g/mol. The first kappa shape index (κ1) is 17.4. The number of nitrogens with one attached hydrogen (secondary N) is 1. The molecule has 0 aliphatic heterocycles. The number of rotatable bonds is 6. The standard InChI is InChI=1S/C16H17F2NO3S/c1-3-22-11-7-6-10(17)13(14(11)18)15(20)19-9-16(2,21)12-5-4-8-23-12/h4-8,21H,3,9H2,1-2H3,(H,19,20). The molecule has 1 atom stereocenters. The van der Waals surface area contributed by atoms with E-state index in [9.17, 15) is 18.7 Å². The second-order valence-corrected chi connectivity index (χ2v) is 6.05. The van der Waals surface area contributed by atoms with E-state index in [1.54, 1.807) is 24.4 Å². The highest BCUT2D eigenvalue weighted by Gasteiger charge is 2.27. The second-order valence-electron chi connectivity index (χ2n) is 5.10. The SMILES string of the molecule is CCOc1ccc(F)c(C(=O)NCC(C)(O)c2cccs2)c1F. The summed E-state index contributed by atoms with van der Waals surface area (Å²) in [5.74, 6) is -3.18. The van der Waals surface area contributed by atoms with E-state index in [0.717, 1.165) is 12.1 Å². The number of ether oxygens (including phenoxy) is 1. The van der Waals surface area contributed by atoms with Crippen LogP contribution in [0.2, 0.25) is 0 Å². The van der Waals surface area contributed by atoms with Gasteiger partial charge in [-0.3, -0.25) is 4.79 Å². The minimum atomic E-state index is -1.33. The van der Waals surface area contributed by atoms with E-state index in [2.05, 4.69) is 5.32 Å². The minimum Gasteiger partial charge on any atom is -0.491 e. The maximum Gasteiger partial charge on any atom is 0.257 e. The molecule has 1 aromatic carbocycles. The summed E-state index contributed by atoms with van der Waals surface area (Å²) in [5.41, 5.74) is -2.05. The summed E-state index contributed by atoms with van der Waals surface area (Å²) < 4.78 is 33.0. The van der Waals surface area contributed by atoms with Gasteiger partial charge < -0.3 is 15.2 Å². The molecule has 0 bridgehead atoms. The lowest BCUT2D eigenvalue weighted by Gasteiger charge is -2.22. The van der Waals surface area contributed by atoms with E-state index in [0.29, 0.717) is 4.88 Å². The Labute approximate surface area is 136 Å². The summed E-state index contributed by atoms with van der Waals surface area (Å²) in [4.78, 5) is 12.7. The van der Waals surface area contributed by atoms with Crippen molar-refractivity contribution >= 4 is 17.2 Å². The topological polar surface area (TPSA) is 58.6 Å². The van der Waals surface area contributed by atoms with Crippen LogP contribution in [0.5, 0.6) is 5.75 Å². The number of halogens is 2. The zero-order valence-corrected chi connectivity index (χ0v) is 13.5. The molecule has 1 amide bonds. The Bertz CT molecular complexity index is 687. The largest absolute Gasteiger partial charge is 0.491 e. The quantitative estimate of drug-likeness (QED) is 0.849. The number of amides is 1. The molecule has 0 spiro atoms. The van der Waals surface area contributed by atoms with Gasteiger partial charge in [0.2, 0.25) is 0 Å². The van der Waals surface area contributed by atoms with Crippen molar-refractivity contribution in [2.45, 2.75) is 19.4 Å². The maximum absolute atomic E-state index is 14.2. The third-order valence-electron chi connectivity index (χ3n) is 3.23. The maximum atomic E-state index is 14.2. The summed E-state index contributed by atoms with van der Waals surface area (Å²) >= 11 is 1.32. The Hall–Kier alpha value is -1.99. The van der Waals surface area contributed by atoms with Gasteiger partial charge in [0.1, 0.15) is 17.0 Å². The van der Waals surface area contributed by atoms with E-state index >= 15 is 0 Å². The predicted molar refractivity (Wildman–Crippen MR) is 83.8 cm³/mol. The Morgan fingerprint density at radius 3 is 2.74 bits per heavy atom. The van der Waals surface area contributed by atoms with Crippen molar-refractivity contribution in [1.82, 2.24) is 5.32 Å². The number of hydrogen-bond donors (Lipinski definition) is 2. The molecule has 0 aliphatic rings. The molecule has 23 heavy (non-hydrogen) atoms. The lowest BCUT2D eigenvalue weighted by Crippen LogP contribution is -2.38. The fourth-order valence-corrected chi connectivity index (χ4v) is 2.81. The summed E-state index contributed by atoms with van der Waals surface area (Å²) in [6, 6.07) is 5.59. The van der Waals surface area contributed by atoms with Crippen molar-refractivity contribution in [2.75, 3.05) is 13.2 Å². The van der Waals surface area contributed by atoms with E-state index in [4.69, 9.17) is 4.74 Å². The number of carbonyl (C=O) groups is 1. The molecule has 0 aliphatic carbocycles. The lowest BCUT2D eigenvalue weighted by molar-refractivity contribution is 0.0553. The highest BCUT2D eigenvalue weighted by atomic mass is 32.1. The molecular formula is C16H17F2NO3S. The zero-order valence-electron chi connectivity index (χ0n) is 12.7. The molecule has 1 heterocycles. The fraction of sp³-hybridized carbons (Fsp3) is 0.312. The van der Waals surface area contributed by atoms with Crippen LogP contribution in [-0.2, 0) is 5.60 Å². The van der Waals surface area contributed by atoms with Gasteiger partial charge in [-0.2, -0.15) is 0 Å². The van der Waals surface area contributed by atoms with E-state index < -0.39 is 28.7 Å². The van der Waals surface area contributed by atoms with Gasteiger partial charge in [-0.05, 0) is 37.4 Å². The number of carbonyl (C=O) groups excluding carboxylic acids is 1. The van der Waals surface area contributed by atoms with E-state index in [1.807, 2.05) is 0 Å². The molecule has 2 rings (SSSR count). The zero-order chi connectivity index (χ0) is 17.0. The van der Waals surface area contributed by atoms with Crippen LogP contribution in [-0.4, -0.2) is 24.2 Å². The van der Waals surface area contributed by atoms with E-state index in [-0.39, 0.29) is 18.9 Å². The normalized spacial score (nSPS) is 13.4. The number of benzene rings is 1. The van der Waals surface area contributed by atoms with Crippen LogP contribution in [0.15, 0.2) is 29.6 Å². The van der Waals surface area contributed by atoms with Crippen LogP contribution >= 0.6 is 11.3 Å². The molecule has 124 valence electrons. The first-order chi connectivity index (χ1) is 10.9. The molecule has 0 saturated carbocycles. The van der Waals surface area contributed by atoms with Crippen molar-refractivity contribution in [3.63, 3.8) is 0 Å². The molecule has 1 aromatic heterocycles. The average molecular weight is 341 g/mol. The Balaban J connectivity index is 2.16. The lowest BCUT2D eigenvalue weighted by atomic mass is 10.0. The second kappa shape index (κ2) is 7.06. The summed E-state index contributed by atoms with van der Waals surface area (Å²) in [6.07, 6.45) is 0. The summed E-state index contributed by atoms with van der Waals surface area (Å²) in [6.45, 7) is 3.18. The summed E-state index contributed by atoms with van der Waals surface area (Å²) in [7, 11) is 0. The van der Waals surface area contributed by atoms with Crippen LogP contribution in [0, 0.1) is 11.6 Å². The molecule has 0 radical (unpaired) electrons. The monoisotopic (exact) mass is 341 g/mol. The van der Waals surface area contributed by atoms with Gasteiger partial charge in [0.25, 0.3) is 5.91 Å². The van der Waals surface area contributed by atoms with Gasteiger partial charge in [0.05, 0.1) is 13.2 Å². The van der Waals surface area contributed by atoms with Crippen LogP contribution in [0.3, 0.4) is 0 Å². The van der Waals surface area contributed by atoms with Crippen molar-refractivity contribution in [3.05, 3.63) is 51.7 Å². The fourth-order valence-electron chi connectivity index (χ4n) is 2.02. The van der Waals surface area contributed by atoms with Gasteiger partial charge in [-0.15, -0.1) is 11.3 Å². The molecule has 2 aromatic rings. The van der Waals surface area contributed by atoms with Crippen molar-refractivity contribution in [3.8, 4) is 5.75 Å². The van der Waals surface area contributed by atoms with Gasteiger partial charge in [0, 0.05) is 4.88 Å². The highest BCUT2D eigenvalue weighted by Crippen LogP contribution is 2.26. The van der Waals surface area contributed by atoms with Gasteiger partial charge in [0.15, 0.2) is 11.6 Å². The molecule has 0 saturated heterocycles. The Kier molecular flexibility index (Phi) is 5.33. The van der Waals surface area contributed by atoms with Crippen LogP contribution in [0.1, 0.15) is 29.1 Å². The Morgan fingerprint density at radius 2 is 2.13 bits per heavy atom. The Morgan fingerprint density at radius 1 is 1.39 bits per heavy atom. The molecule has 4 nitrogen and oxygen atoms in total. The summed E-state index contributed by atoms with van der Waals surface area (Å²) in [5, 5.41) is 14.5. The third-order valence-corrected chi connectivity index (χ3v) is 4.35. The van der Waals surface area contributed by atoms with Crippen LogP contribution < -0.4 is 10.1 Å². The smallest absolute Gasteiger partial charge is 0.257 e. The van der Waals surface area contributed by atoms with E-state index in [1.165, 1.54) is 18.3 Å². The number of aliphatic hydroxyl groups is 1.